The number of hydrogen-bond donors (Lipinski definition) is 2. The van der Waals surface area contributed by atoms with Gasteiger partial charge in [-0.1, -0.05) is 72.8 Å². The van der Waals surface area contributed by atoms with Gasteiger partial charge in [0.25, 0.3) is 0 Å². The minimum atomic E-state index is -0.280. The van der Waals surface area contributed by atoms with Crippen molar-refractivity contribution in [3.05, 3.63) is 91.0 Å². The third-order valence-electron chi connectivity index (χ3n) is 4.86. The lowest BCUT2D eigenvalue weighted by atomic mass is 10.1. The van der Waals surface area contributed by atoms with E-state index >= 15 is 0 Å². The molecule has 4 heteroatoms. The first kappa shape index (κ1) is 16.3. The molecule has 4 nitrogen and oxygen atoms in total. The number of pyridine rings is 1. The molecule has 0 saturated carbocycles. The van der Waals surface area contributed by atoms with Gasteiger partial charge in [-0.3, -0.25) is 0 Å². The number of aromatic nitrogens is 1. The fourth-order valence-corrected chi connectivity index (χ4v) is 3.58. The largest absolute Gasteiger partial charge is 0.323 e. The zero-order valence-corrected chi connectivity index (χ0v) is 15.0. The molecule has 0 atom stereocenters. The highest BCUT2D eigenvalue weighted by molar-refractivity contribution is 6.15. The van der Waals surface area contributed by atoms with E-state index in [1.54, 1.807) is 0 Å². The van der Waals surface area contributed by atoms with Crippen LogP contribution in [0.3, 0.4) is 0 Å². The first-order chi connectivity index (χ1) is 13.8. The lowest BCUT2D eigenvalue weighted by molar-refractivity contribution is 0.262. The summed E-state index contributed by atoms with van der Waals surface area (Å²) in [6.45, 7) is 0. The molecular formula is C24H17N3O. The highest BCUT2D eigenvalue weighted by Crippen LogP contribution is 2.31. The van der Waals surface area contributed by atoms with Crippen molar-refractivity contribution in [2.45, 2.75) is 0 Å². The second-order valence-electron chi connectivity index (χ2n) is 6.63. The Labute approximate surface area is 161 Å². The van der Waals surface area contributed by atoms with Crippen molar-refractivity contribution in [2.75, 3.05) is 10.6 Å². The van der Waals surface area contributed by atoms with Gasteiger partial charge >= 0.3 is 6.03 Å². The summed E-state index contributed by atoms with van der Waals surface area (Å²) in [5.74, 6) is 0. The Balaban J connectivity index is 1.56. The Morgan fingerprint density at radius 1 is 0.607 bits per heavy atom. The molecule has 0 bridgehead atoms. The van der Waals surface area contributed by atoms with Crippen molar-refractivity contribution in [1.82, 2.24) is 4.98 Å². The molecule has 0 unspecified atom stereocenters. The average Bonchev–Trinajstić information content (AvgIpc) is 2.74. The zero-order chi connectivity index (χ0) is 18.9. The molecule has 1 aromatic heterocycles. The van der Waals surface area contributed by atoms with Gasteiger partial charge < -0.3 is 10.6 Å². The lowest BCUT2D eigenvalue weighted by Crippen LogP contribution is -2.20. The minimum absolute atomic E-state index is 0.280. The Kier molecular flexibility index (Phi) is 3.87. The topological polar surface area (TPSA) is 54.0 Å². The van der Waals surface area contributed by atoms with Crippen molar-refractivity contribution in [3.8, 4) is 0 Å². The third-order valence-corrected chi connectivity index (χ3v) is 4.86. The maximum Gasteiger partial charge on any atom is 0.323 e. The fraction of sp³-hybridized carbons (Fsp3) is 0. The van der Waals surface area contributed by atoms with Crippen LogP contribution in [0.25, 0.3) is 32.6 Å². The summed E-state index contributed by atoms with van der Waals surface area (Å²) in [7, 11) is 0. The number of rotatable bonds is 2. The Hall–Kier alpha value is -3.92. The predicted molar refractivity (Wildman–Crippen MR) is 116 cm³/mol. The SMILES string of the molecule is O=C(Nc1cccc2ccccc12)Nc1c2ccccc2nc2ccccc12. The summed E-state index contributed by atoms with van der Waals surface area (Å²) in [5, 5.41) is 9.95. The molecule has 5 aromatic rings. The zero-order valence-electron chi connectivity index (χ0n) is 15.0. The molecule has 4 aromatic carbocycles. The quantitative estimate of drug-likeness (QED) is 0.368. The van der Waals surface area contributed by atoms with Crippen LogP contribution in [0.5, 0.6) is 0 Å². The van der Waals surface area contributed by atoms with Crippen molar-refractivity contribution in [3.63, 3.8) is 0 Å². The van der Waals surface area contributed by atoms with Gasteiger partial charge in [-0.25, -0.2) is 9.78 Å². The second-order valence-corrected chi connectivity index (χ2v) is 6.63. The Morgan fingerprint density at radius 2 is 1.18 bits per heavy atom. The number of para-hydroxylation sites is 2. The number of carbonyl (C=O) groups is 1. The number of amides is 2. The van der Waals surface area contributed by atoms with Crippen LogP contribution in [0.1, 0.15) is 0 Å². The van der Waals surface area contributed by atoms with E-state index in [1.807, 2.05) is 91.0 Å². The molecule has 5 rings (SSSR count). The summed E-state index contributed by atoms with van der Waals surface area (Å²) in [6, 6.07) is 29.2. The lowest BCUT2D eigenvalue weighted by Gasteiger charge is -2.14. The third kappa shape index (κ3) is 2.81. The summed E-state index contributed by atoms with van der Waals surface area (Å²) in [5.41, 5.74) is 3.24. The van der Waals surface area contributed by atoms with Crippen LogP contribution in [0.4, 0.5) is 16.2 Å². The molecule has 0 radical (unpaired) electrons. The molecular weight excluding hydrogens is 346 g/mol. The van der Waals surface area contributed by atoms with Gasteiger partial charge in [0.2, 0.25) is 0 Å². The van der Waals surface area contributed by atoms with Crippen molar-refractivity contribution < 1.29 is 4.79 Å². The Bertz CT molecular complexity index is 1280. The molecule has 2 amide bonds. The summed E-state index contributed by atoms with van der Waals surface area (Å²) < 4.78 is 0. The molecule has 0 aliphatic rings. The standard InChI is InChI=1S/C24H17N3O/c28-24(26-20-15-7-9-16-8-1-2-10-17(16)20)27-23-18-11-3-5-13-21(18)25-22-14-6-4-12-19(22)23/h1-15H,(H2,25,26,27,28). The monoisotopic (exact) mass is 363 g/mol. The summed E-state index contributed by atoms with van der Waals surface area (Å²) >= 11 is 0. The highest BCUT2D eigenvalue weighted by Gasteiger charge is 2.12. The van der Waals surface area contributed by atoms with Crippen LogP contribution < -0.4 is 10.6 Å². The fourth-order valence-electron chi connectivity index (χ4n) is 3.58. The van der Waals surface area contributed by atoms with E-state index in [4.69, 9.17) is 4.98 Å². The second kappa shape index (κ2) is 6.67. The predicted octanol–water partition coefficient (Wildman–Crippen LogP) is 6.19. The number of carbonyl (C=O) groups excluding carboxylic acids is 1. The molecule has 134 valence electrons. The number of nitrogens with zero attached hydrogens (tertiary/aromatic N) is 1. The van der Waals surface area contributed by atoms with Crippen molar-refractivity contribution in [1.29, 1.82) is 0 Å². The molecule has 1 heterocycles. The van der Waals surface area contributed by atoms with Crippen LogP contribution >= 0.6 is 0 Å². The van der Waals surface area contributed by atoms with E-state index in [0.29, 0.717) is 0 Å². The van der Waals surface area contributed by atoms with Crippen LogP contribution in [-0.4, -0.2) is 11.0 Å². The van der Waals surface area contributed by atoms with Gasteiger partial charge in [-0.05, 0) is 23.6 Å². The van der Waals surface area contributed by atoms with E-state index in [9.17, 15) is 4.79 Å². The van der Waals surface area contributed by atoms with Gasteiger partial charge in [0.1, 0.15) is 0 Å². The number of benzene rings is 4. The minimum Gasteiger partial charge on any atom is -0.307 e. The number of fused-ring (bicyclic) bond motifs is 3. The summed E-state index contributed by atoms with van der Waals surface area (Å²) in [6.07, 6.45) is 0. The maximum atomic E-state index is 12.9. The molecule has 0 fully saturated rings. The van der Waals surface area contributed by atoms with Gasteiger partial charge in [-0.15, -0.1) is 0 Å². The molecule has 0 aliphatic heterocycles. The van der Waals surface area contributed by atoms with Gasteiger partial charge in [0, 0.05) is 16.2 Å². The molecule has 0 saturated heterocycles. The van der Waals surface area contributed by atoms with Crippen molar-refractivity contribution >= 4 is 50.0 Å². The first-order valence-electron chi connectivity index (χ1n) is 9.13. The highest BCUT2D eigenvalue weighted by atomic mass is 16.2. The summed E-state index contributed by atoms with van der Waals surface area (Å²) in [4.78, 5) is 17.6. The van der Waals surface area contributed by atoms with Gasteiger partial charge in [-0.2, -0.15) is 0 Å². The van der Waals surface area contributed by atoms with E-state index in [-0.39, 0.29) is 6.03 Å². The molecule has 0 aliphatic carbocycles. The van der Waals surface area contributed by atoms with E-state index in [2.05, 4.69) is 10.6 Å². The van der Waals surface area contributed by atoms with E-state index in [1.165, 1.54) is 0 Å². The number of hydrogen-bond acceptors (Lipinski definition) is 2. The first-order valence-corrected chi connectivity index (χ1v) is 9.13. The smallest absolute Gasteiger partial charge is 0.307 e. The molecule has 0 spiro atoms. The normalized spacial score (nSPS) is 11.0. The maximum absolute atomic E-state index is 12.9. The number of anilines is 2. The number of nitrogens with one attached hydrogen (secondary N) is 2. The van der Waals surface area contributed by atoms with Crippen LogP contribution in [-0.2, 0) is 0 Å². The average molecular weight is 363 g/mol. The van der Waals surface area contributed by atoms with Gasteiger partial charge in [0.15, 0.2) is 0 Å². The van der Waals surface area contributed by atoms with Crippen LogP contribution in [0.2, 0.25) is 0 Å². The number of urea groups is 1. The van der Waals surface area contributed by atoms with Crippen LogP contribution in [0, 0.1) is 0 Å². The molecule has 28 heavy (non-hydrogen) atoms. The van der Waals surface area contributed by atoms with E-state index < -0.39 is 0 Å². The Morgan fingerprint density at radius 3 is 1.89 bits per heavy atom. The van der Waals surface area contributed by atoms with Crippen LogP contribution in [0.15, 0.2) is 91.0 Å². The molecule has 2 N–H and O–H groups in total. The van der Waals surface area contributed by atoms with Crippen molar-refractivity contribution in [2.24, 2.45) is 0 Å². The van der Waals surface area contributed by atoms with Gasteiger partial charge in [0.05, 0.1) is 22.4 Å². The van der Waals surface area contributed by atoms with E-state index in [0.717, 1.165) is 44.0 Å².